The SMILES string of the molecule is CCCNC(=S)N1CCC(c2nc(C(=O)Nc3ccccc3-c3ccc(OC(F)(F)F)cc3)cs2)CC1. The summed E-state index contributed by atoms with van der Waals surface area (Å²) in [5.74, 6) is -0.367. The number of para-hydroxylation sites is 1. The van der Waals surface area contributed by atoms with Crippen LogP contribution in [0, 0.1) is 0 Å². The number of aromatic nitrogens is 1. The van der Waals surface area contributed by atoms with Gasteiger partial charge in [-0.3, -0.25) is 4.79 Å². The Kier molecular flexibility index (Phi) is 8.65. The Morgan fingerprint density at radius 2 is 1.86 bits per heavy atom. The molecule has 1 aromatic heterocycles. The average molecular weight is 549 g/mol. The predicted octanol–water partition coefficient (Wildman–Crippen LogP) is 6.42. The number of benzene rings is 2. The molecule has 0 radical (unpaired) electrons. The first-order chi connectivity index (χ1) is 17.7. The minimum Gasteiger partial charge on any atom is -0.406 e. The van der Waals surface area contributed by atoms with Gasteiger partial charge in [0.05, 0.1) is 5.01 Å². The molecule has 4 rings (SSSR count). The molecule has 0 aliphatic carbocycles. The van der Waals surface area contributed by atoms with Crippen molar-refractivity contribution in [2.75, 3.05) is 25.0 Å². The largest absolute Gasteiger partial charge is 0.573 e. The first-order valence-electron chi connectivity index (χ1n) is 12.0. The third-order valence-corrected chi connectivity index (χ3v) is 7.40. The summed E-state index contributed by atoms with van der Waals surface area (Å²) in [4.78, 5) is 19.8. The Bertz CT molecular complexity index is 1220. The van der Waals surface area contributed by atoms with E-state index in [0.717, 1.165) is 49.0 Å². The van der Waals surface area contributed by atoms with Gasteiger partial charge in [-0.25, -0.2) is 4.98 Å². The second kappa shape index (κ2) is 11.9. The summed E-state index contributed by atoms with van der Waals surface area (Å²) in [6.07, 6.45) is -1.90. The molecule has 6 nitrogen and oxygen atoms in total. The van der Waals surface area contributed by atoms with Crippen LogP contribution < -0.4 is 15.4 Å². The molecule has 37 heavy (non-hydrogen) atoms. The molecule has 1 fully saturated rings. The number of likely N-dealkylation sites (tertiary alicyclic amines) is 1. The summed E-state index contributed by atoms with van der Waals surface area (Å²) in [6, 6.07) is 12.6. The third kappa shape index (κ3) is 7.20. The Hall–Kier alpha value is -3.18. The van der Waals surface area contributed by atoms with Crippen LogP contribution >= 0.6 is 23.6 Å². The van der Waals surface area contributed by atoms with Crippen LogP contribution in [0.15, 0.2) is 53.9 Å². The number of rotatable bonds is 7. The summed E-state index contributed by atoms with van der Waals surface area (Å²) >= 11 is 6.95. The van der Waals surface area contributed by atoms with E-state index in [-0.39, 0.29) is 17.6 Å². The highest BCUT2D eigenvalue weighted by atomic mass is 32.1. The van der Waals surface area contributed by atoms with Crippen molar-refractivity contribution in [3.05, 3.63) is 64.6 Å². The fourth-order valence-electron chi connectivity index (χ4n) is 4.12. The monoisotopic (exact) mass is 548 g/mol. The molecular formula is C26H27F3N4O2S2. The van der Waals surface area contributed by atoms with E-state index in [1.165, 1.54) is 35.6 Å². The zero-order valence-electron chi connectivity index (χ0n) is 20.2. The van der Waals surface area contributed by atoms with Gasteiger partial charge in [0.2, 0.25) is 0 Å². The number of alkyl halides is 3. The normalized spacial score (nSPS) is 14.3. The number of hydrogen-bond acceptors (Lipinski definition) is 5. The minimum absolute atomic E-state index is 0.279. The molecule has 2 aromatic carbocycles. The Labute approximate surface area is 222 Å². The Balaban J connectivity index is 1.39. The number of nitrogens with zero attached hydrogens (tertiary/aromatic N) is 2. The smallest absolute Gasteiger partial charge is 0.406 e. The van der Waals surface area contributed by atoms with Crippen molar-refractivity contribution in [1.29, 1.82) is 0 Å². The molecule has 196 valence electrons. The highest BCUT2D eigenvalue weighted by Gasteiger charge is 2.31. The fourth-order valence-corrected chi connectivity index (χ4v) is 5.38. The summed E-state index contributed by atoms with van der Waals surface area (Å²) in [7, 11) is 0. The number of carbonyl (C=O) groups excluding carboxylic acids is 1. The second-order valence-corrected chi connectivity index (χ2v) is 9.91. The number of piperidine rings is 1. The van der Waals surface area contributed by atoms with Crippen molar-refractivity contribution < 1.29 is 22.7 Å². The van der Waals surface area contributed by atoms with E-state index in [4.69, 9.17) is 12.2 Å². The van der Waals surface area contributed by atoms with Gasteiger partial charge in [-0.2, -0.15) is 0 Å². The predicted molar refractivity (Wildman–Crippen MR) is 143 cm³/mol. The van der Waals surface area contributed by atoms with E-state index >= 15 is 0 Å². The molecule has 2 N–H and O–H groups in total. The highest BCUT2D eigenvalue weighted by Crippen LogP contribution is 2.33. The van der Waals surface area contributed by atoms with Crippen LogP contribution in [0.5, 0.6) is 5.75 Å². The topological polar surface area (TPSA) is 66.5 Å². The number of ether oxygens (including phenoxy) is 1. The van der Waals surface area contributed by atoms with Crippen LogP contribution in [-0.2, 0) is 0 Å². The Morgan fingerprint density at radius 1 is 1.16 bits per heavy atom. The molecule has 2 heterocycles. The molecule has 0 bridgehead atoms. The summed E-state index contributed by atoms with van der Waals surface area (Å²) < 4.78 is 41.3. The van der Waals surface area contributed by atoms with Crippen LogP contribution in [0.1, 0.15) is 47.6 Å². The molecule has 0 saturated carbocycles. The zero-order chi connectivity index (χ0) is 26.4. The maximum absolute atomic E-state index is 13.0. The van der Waals surface area contributed by atoms with E-state index in [9.17, 15) is 18.0 Å². The van der Waals surface area contributed by atoms with Gasteiger partial charge in [0.1, 0.15) is 11.4 Å². The number of carbonyl (C=O) groups is 1. The van der Waals surface area contributed by atoms with Crippen LogP contribution in [0.3, 0.4) is 0 Å². The molecule has 0 spiro atoms. The van der Waals surface area contributed by atoms with Crippen LogP contribution in [0.4, 0.5) is 18.9 Å². The molecule has 0 unspecified atom stereocenters. The lowest BCUT2D eigenvalue weighted by Crippen LogP contribution is -2.44. The molecule has 1 amide bonds. The lowest BCUT2D eigenvalue weighted by Gasteiger charge is -2.33. The Morgan fingerprint density at radius 3 is 2.54 bits per heavy atom. The first-order valence-corrected chi connectivity index (χ1v) is 13.3. The molecule has 11 heteroatoms. The minimum atomic E-state index is -4.75. The quantitative estimate of drug-likeness (QED) is 0.332. The second-order valence-electron chi connectivity index (χ2n) is 8.64. The highest BCUT2D eigenvalue weighted by molar-refractivity contribution is 7.80. The van der Waals surface area contributed by atoms with Gasteiger partial charge in [0.15, 0.2) is 5.11 Å². The number of amides is 1. The molecule has 3 aromatic rings. The number of anilines is 1. The number of nitrogens with one attached hydrogen (secondary N) is 2. The van der Waals surface area contributed by atoms with Crippen LogP contribution in [-0.4, -0.2) is 46.9 Å². The van der Waals surface area contributed by atoms with Gasteiger partial charge in [-0.15, -0.1) is 24.5 Å². The first kappa shape index (κ1) is 26.9. The van der Waals surface area contributed by atoms with Gasteiger partial charge in [-0.1, -0.05) is 37.3 Å². The molecular weight excluding hydrogens is 521 g/mol. The van der Waals surface area contributed by atoms with Crippen molar-refractivity contribution in [2.45, 2.75) is 38.5 Å². The van der Waals surface area contributed by atoms with Gasteiger partial charge >= 0.3 is 6.36 Å². The molecule has 1 aliphatic heterocycles. The van der Waals surface area contributed by atoms with Crippen molar-refractivity contribution in [1.82, 2.24) is 15.2 Å². The van der Waals surface area contributed by atoms with E-state index in [2.05, 4.69) is 32.2 Å². The fraction of sp³-hybridized carbons (Fsp3) is 0.346. The van der Waals surface area contributed by atoms with Crippen LogP contribution in [0.2, 0.25) is 0 Å². The third-order valence-electron chi connectivity index (χ3n) is 5.99. The number of halogens is 3. The van der Waals surface area contributed by atoms with E-state index in [0.29, 0.717) is 22.5 Å². The van der Waals surface area contributed by atoms with E-state index in [1.54, 1.807) is 29.6 Å². The maximum atomic E-state index is 13.0. The van der Waals surface area contributed by atoms with Crippen molar-refractivity contribution in [2.24, 2.45) is 0 Å². The standard InChI is InChI=1S/C26H27F3N4O2S2/c1-2-13-30-25(36)33-14-11-18(12-15-33)24-32-22(16-37-24)23(34)31-21-6-4-3-5-20(21)17-7-9-19(10-8-17)35-26(27,28)29/h3-10,16,18H,2,11-15H2,1H3,(H,30,36)(H,31,34). The van der Waals surface area contributed by atoms with Crippen LogP contribution in [0.25, 0.3) is 11.1 Å². The number of thiazole rings is 1. The van der Waals surface area contributed by atoms with Gasteiger partial charge in [0, 0.05) is 42.2 Å². The van der Waals surface area contributed by atoms with E-state index in [1.807, 2.05) is 0 Å². The van der Waals surface area contributed by atoms with E-state index < -0.39 is 6.36 Å². The lowest BCUT2D eigenvalue weighted by molar-refractivity contribution is -0.274. The van der Waals surface area contributed by atoms with Gasteiger partial charge in [-0.05, 0) is 55.2 Å². The zero-order valence-corrected chi connectivity index (χ0v) is 21.8. The summed E-state index contributed by atoms with van der Waals surface area (Å²) in [5, 5.41) is 9.65. The molecule has 0 atom stereocenters. The molecule has 1 aliphatic rings. The van der Waals surface area contributed by atoms with Gasteiger partial charge < -0.3 is 20.3 Å². The average Bonchev–Trinajstić information content (AvgIpc) is 3.38. The number of hydrogen-bond donors (Lipinski definition) is 2. The van der Waals surface area contributed by atoms with Gasteiger partial charge in [0.25, 0.3) is 5.91 Å². The molecule has 1 saturated heterocycles. The lowest BCUT2D eigenvalue weighted by atomic mass is 9.98. The number of thiocarbonyl (C=S) groups is 1. The van der Waals surface area contributed by atoms with Crippen molar-refractivity contribution in [3.63, 3.8) is 0 Å². The van der Waals surface area contributed by atoms with Crippen molar-refractivity contribution >= 4 is 40.3 Å². The summed E-state index contributed by atoms with van der Waals surface area (Å²) in [5.41, 5.74) is 2.19. The summed E-state index contributed by atoms with van der Waals surface area (Å²) in [6.45, 7) is 4.67. The van der Waals surface area contributed by atoms with Crippen molar-refractivity contribution in [3.8, 4) is 16.9 Å². The maximum Gasteiger partial charge on any atom is 0.573 e.